The minimum absolute atomic E-state index is 0.0731. The molecule has 0 bridgehead atoms. The lowest BCUT2D eigenvalue weighted by Crippen LogP contribution is -2.14. The first kappa shape index (κ1) is 10.2. The quantitative estimate of drug-likeness (QED) is 0.771. The minimum atomic E-state index is -0.374. The highest BCUT2D eigenvalue weighted by molar-refractivity contribution is 5.86. The summed E-state index contributed by atoms with van der Waals surface area (Å²) in [5, 5.41) is 0. The lowest BCUT2D eigenvalue weighted by molar-refractivity contribution is 0.0280. The minimum Gasteiger partial charge on any atom is -0.457 e. The van der Waals surface area contributed by atoms with Crippen LogP contribution in [-0.2, 0) is 11.3 Å². The molecule has 1 aliphatic rings. The standard InChI is InChI=1S/C11H15NO3/c12-7-9-5-6-10(14-9)11(13)15-8-3-1-2-4-8/h5-6,8H,1-4,7,12H2. The lowest BCUT2D eigenvalue weighted by Gasteiger charge is -2.09. The summed E-state index contributed by atoms with van der Waals surface area (Å²) in [5.41, 5.74) is 5.38. The second kappa shape index (κ2) is 4.49. The fourth-order valence-corrected chi connectivity index (χ4v) is 1.81. The maximum absolute atomic E-state index is 11.6. The number of nitrogens with two attached hydrogens (primary N) is 1. The number of hydrogen-bond donors (Lipinski definition) is 1. The third-order valence-electron chi connectivity index (χ3n) is 2.64. The molecule has 2 rings (SSSR count). The van der Waals surface area contributed by atoms with E-state index in [1.54, 1.807) is 12.1 Å². The molecule has 4 nitrogen and oxygen atoms in total. The number of ether oxygens (including phenoxy) is 1. The Morgan fingerprint density at radius 3 is 2.80 bits per heavy atom. The molecule has 0 amide bonds. The molecular formula is C11H15NO3. The molecule has 1 aliphatic carbocycles. The van der Waals surface area contributed by atoms with E-state index in [-0.39, 0.29) is 17.8 Å². The molecule has 1 fully saturated rings. The number of furan rings is 1. The van der Waals surface area contributed by atoms with Crippen LogP contribution in [0.5, 0.6) is 0 Å². The van der Waals surface area contributed by atoms with Gasteiger partial charge in [-0.2, -0.15) is 0 Å². The van der Waals surface area contributed by atoms with Gasteiger partial charge in [0.15, 0.2) is 0 Å². The number of hydrogen-bond acceptors (Lipinski definition) is 4. The van der Waals surface area contributed by atoms with Crippen LogP contribution >= 0.6 is 0 Å². The molecule has 1 saturated carbocycles. The van der Waals surface area contributed by atoms with Crippen LogP contribution in [0.1, 0.15) is 42.0 Å². The summed E-state index contributed by atoms with van der Waals surface area (Å²) in [6.07, 6.45) is 4.30. The normalized spacial score (nSPS) is 16.9. The highest BCUT2D eigenvalue weighted by Gasteiger charge is 2.21. The van der Waals surface area contributed by atoms with Crippen molar-refractivity contribution in [2.24, 2.45) is 5.73 Å². The zero-order chi connectivity index (χ0) is 10.7. The molecule has 0 spiro atoms. The number of carbonyl (C=O) groups is 1. The maximum Gasteiger partial charge on any atom is 0.374 e. The topological polar surface area (TPSA) is 65.5 Å². The Balaban J connectivity index is 1.94. The molecule has 1 aromatic heterocycles. The van der Waals surface area contributed by atoms with Gasteiger partial charge < -0.3 is 14.9 Å². The summed E-state index contributed by atoms with van der Waals surface area (Å²) >= 11 is 0. The van der Waals surface area contributed by atoms with Crippen LogP contribution in [-0.4, -0.2) is 12.1 Å². The van der Waals surface area contributed by atoms with Crippen molar-refractivity contribution in [3.05, 3.63) is 23.7 Å². The SMILES string of the molecule is NCc1ccc(C(=O)OC2CCCC2)o1. The molecule has 0 unspecified atom stereocenters. The summed E-state index contributed by atoms with van der Waals surface area (Å²) in [6.45, 7) is 0.302. The molecule has 0 aliphatic heterocycles. The van der Waals surface area contributed by atoms with Gasteiger partial charge in [-0.3, -0.25) is 0 Å². The number of carbonyl (C=O) groups excluding carboxylic acids is 1. The Kier molecular flexibility index (Phi) is 3.06. The van der Waals surface area contributed by atoms with Gasteiger partial charge in [0.05, 0.1) is 6.54 Å². The zero-order valence-electron chi connectivity index (χ0n) is 8.57. The van der Waals surface area contributed by atoms with Crippen LogP contribution in [0.15, 0.2) is 16.5 Å². The molecule has 4 heteroatoms. The predicted octanol–water partition coefficient (Wildman–Crippen LogP) is 1.84. The zero-order valence-corrected chi connectivity index (χ0v) is 8.57. The summed E-state index contributed by atoms with van der Waals surface area (Å²) < 4.78 is 10.5. The van der Waals surface area contributed by atoms with Crippen molar-refractivity contribution in [1.82, 2.24) is 0 Å². The summed E-state index contributed by atoms with van der Waals surface area (Å²) in [6, 6.07) is 3.31. The van der Waals surface area contributed by atoms with E-state index in [4.69, 9.17) is 14.9 Å². The molecule has 15 heavy (non-hydrogen) atoms. The van der Waals surface area contributed by atoms with Crippen molar-refractivity contribution >= 4 is 5.97 Å². The van der Waals surface area contributed by atoms with Gasteiger partial charge in [-0.05, 0) is 37.8 Å². The van der Waals surface area contributed by atoms with Gasteiger partial charge in [-0.15, -0.1) is 0 Å². The Bertz CT molecular complexity index is 339. The van der Waals surface area contributed by atoms with Crippen LogP contribution in [0.3, 0.4) is 0 Å². The highest BCUT2D eigenvalue weighted by Crippen LogP contribution is 2.22. The van der Waals surface area contributed by atoms with Gasteiger partial charge in [-0.25, -0.2) is 4.79 Å². The molecule has 0 saturated heterocycles. The van der Waals surface area contributed by atoms with E-state index in [2.05, 4.69) is 0 Å². The molecule has 82 valence electrons. The first-order valence-corrected chi connectivity index (χ1v) is 5.29. The van der Waals surface area contributed by atoms with Crippen molar-refractivity contribution in [3.8, 4) is 0 Å². The third-order valence-corrected chi connectivity index (χ3v) is 2.64. The van der Waals surface area contributed by atoms with Crippen molar-refractivity contribution < 1.29 is 13.9 Å². The Morgan fingerprint density at radius 2 is 2.20 bits per heavy atom. The van der Waals surface area contributed by atoms with Gasteiger partial charge in [-0.1, -0.05) is 0 Å². The highest BCUT2D eigenvalue weighted by atomic mass is 16.6. The average molecular weight is 209 g/mol. The van der Waals surface area contributed by atoms with E-state index in [1.165, 1.54) is 0 Å². The summed E-state index contributed by atoms with van der Waals surface area (Å²) in [7, 11) is 0. The molecule has 0 radical (unpaired) electrons. The molecule has 1 heterocycles. The predicted molar refractivity (Wildman–Crippen MR) is 54.3 cm³/mol. The Labute approximate surface area is 88.4 Å². The average Bonchev–Trinajstić information content (AvgIpc) is 2.86. The smallest absolute Gasteiger partial charge is 0.374 e. The summed E-state index contributed by atoms with van der Waals surface area (Å²) in [5.74, 6) is 0.484. The number of esters is 1. The van der Waals surface area contributed by atoms with Gasteiger partial charge in [0.2, 0.25) is 5.76 Å². The van der Waals surface area contributed by atoms with Crippen LogP contribution in [0.25, 0.3) is 0 Å². The molecular weight excluding hydrogens is 194 g/mol. The third kappa shape index (κ3) is 2.39. The second-order valence-corrected chi connectivity index (χ2v) is 3.78. The molecule has 1 aromatic rings. The van der Waals surface area contributed by atoms with Crippen LogP contribution in [0.2, 0.25) is 0 Å². The monoisotopic (exact) mass is 209 g/mol. The Hall–Kier alpha value is -1.29. The van der Waals surface area contributed by atoms with E-state index in [0.717, 1.165) is 25.7 Å². The molecule has 0 aromatic carbocycles. The van der Waals surface area contributed by atoms with Crippen molar-refractivity contribution in [3.63, 3.8) is 0 Å². The Morgan fingerprint density at radius 1 is 1.47 bits per heavy atom. The number of rotatable bonds is 3. The van der Waals surface area contributed by atoms with E-state index >= 15 is 0 Å². The molecule has 2 N–H and O–H groups in total. The molecule has 0 atom stereocenters. The van der Waals surface area contributed by atoms with Gasteiger partial charge in [0.25, 0.3) is 0 Å². The van der Waals surface area contributed by atoms with Gasteiger partial charge >= 0.3 is 5.97 Å². The first-order chi connectivity index (χ1) is 7.29. The van der Waals surface area contributed by atoms with Gasteiger partial charge in [0.1, 0.15) is 11.9 Å². The lowest BCUT2D eigenvalue weighted by atomic mass is 10.3. The van der Waals surface area contributed by atoms with E-state index < -0.39 is 0 Å². The van der Waals surface area contributed by atoms with Crippen molar-refractivity contribution in [2.45, 2.75) is 38.3 Å². The van der Waals surface area contributed by atoms with Crippen LogP contribution in [0, 0.1) is 0 Å². The van der Waals surface area contributed by atoms with Crippen molar-refractivity contribution in [1.29, 1.82) is 0 Å². The van der Waals surface area contributed by atoms with Crippen LogP contribution in [0.4, 0.5) is 0 Å². The van der Waals surface area contributed by atoms with E-state index in [0.29, 0.717) is 12.3 Å². The van der Waals surface area contributed by atoms with E-state index in [9.17, 15) is 4.79 Å². The van der Waals surface area contributed by atoms with Crippen molar-refractivity contribution in [2.75, 3.05) is 0 Å². The fourth-order valence-electron chi connectivity index (χ4n) is 1.81. The van der Waals surface area contributed by atoms with Crippen LogP contribution < -0.4 is 5.73 Å². The largest absolute Gasteiger partial charge is 0.457 e. The first-order valence-electron chi connectivity index (χ1n) is 5.29. The maximum atomic E-state index is 11.6. The van der Waals surface area contributed by atoms with E-state index in [1.807, 2.05) is 0 Å². The second-order valence-electron chi connectivity index (χ2n) is 3.78. The fraction of sp³-hybridized carbons (Fsp3) is 0.545. The van der Waals surface area contributed by atoms with Gasteiger partial charge in [0, 0.05) is 0 Å². The summed E-state index contributed by atoms with van der Waals surface area (Å²) in [4.78, 5) is 11.6.